The van der Waals surface area contributed by atoms with Crippen LogP contribution in [0, 0.1) is 0 Å². The second-order valence-corrected chi connectivity index (χ2v) is 22.8. The molecule has 1 N–H and O–H groups in total. The summed E-state index contributed by atoms with van der Waals surface area (Å²) in [5.41, 5.74) is 0. The number of quaternary nitrogens is 1. The standard InChI is InChI=1S/C68H114NO8P/c1-6-8-10-12-14-16-18-20-22-24-26-28-30-32-33-34-35-37-39-41-43-45-47-49-51-53-55-57-59-61-68(71)77-66(65-76-78(72,73)75-63-62-69(3,4)5)64-74-67(70)60-58-56-54-52-50-48-46-44-42-40-38-36-31-29-27-25-23-21-19-17-15-13-11-9-7-2/h8,10,14,16,19-22,25-28,31-33,35-37,41,43,47,49,66H,6-7,9,11-13,15,17-18,23-24,29-30,34,38-40,42,44-46,48,50-65H2,1-5H3/p+1/b10-8-,16-14-,21-19-,22-20-,27-25-,28-26-,33-32-,36-31-,37-35-,43-41-,49-47-. The van der Waals surface area contributed by atoms with Crippen LogP contribution in [-0.4, -0.2) is 74.9 Å². The van der Waals surface area contributed by atoms with Gasteiger partial charge in [-0.1, -0.05) is 237 Å². The lowest BCUT2D eigenvalue weighted by Crippen LogP contribution is -2.37. The van der Waals surface area contributed by atoms with Crippen LogP contribution in [0.1, 0.15) is 232 Å². The number of allylic oxidation sites excluding steroid dienone is 22. The van der Waals surface area contributed by atoms with E-state index in [0.29, 0.717) is 17.4 Å². The van der Waals surface area contributed by atoms with Gasteiger partial charge in [0.05, 0.1) is 27.7 Å². The summed E-state index contributed by atoms with van der Waals surface area (Å²) >= 11 is 0. The molecule has 0 aromatic rings. The van der Waals surface area contributed by atoms with Gasteiger partial charge in [-0.05, 0) is 116 Å². The third-order valence-electron chi connectivity index (χ3n) is 12.7. The molecular weight excluding hydrogens is 990 g/mol. The predicted molar refractivity (Wildman–Crippen MR) is 334 cm³/mol. The van der Waals surface area contributed by atoms with E-state index in [4.69, 9.17) is 18.5 Å². The molecule has 2 atom stereocenters. The van der Waals surface area contributed by atoms with Crippen molar-refractivity contribution in [3.63, 3.8) is 0 Å². The first-order valence-electron chi connectivity index (χ1n) is 30.9. The lowest BCUT2D eigenvalue weighted by molar-refractivity contribution is -0.870. The SMILES string of the molecule is CC/C=C\C/C=C\C/C=C\C/C=C\C/C=C\C/C=C\C/C=C\C/C=C\CCCCCCC(=O)OC(COC(=O)CCCCCCCCCCCC/C=C\C/C=C\C/C=C\CCCCCCC)COP(=O)(O)OCC[N+](C)(C)C. The van der Waals surface area contributed by atoms with Crippen molar-refractivity contribution in [1.29, 1.82) is 0 Å². The number of ether oxygens (including phenoxy) is 2. The average Bonchev–Trinajstić information content (AvgIpc) is 3.41. The molecule has 0 heterocycles. The van der Waals surface area contributed by atoms with Gasteiger partial charge in [-0.25, -0.2) is 4.57 Å². The maximum absolute atomic E-state index is 12.8. The van der Waals surface area contributed by atoms with Gasteiger partial charge in [0.1, 0.15) is 19.8 Å². The predicted octanol–water partition coefficient (Wildman–Crippen LogP) is 19.7. The second-order valence-electron chi connectivity index (χ2n) is 21.4. The van der Waals surface area contributed by atoms with Crippen molar-refractivity contribution in [2.75, 3.05) is 47.5 Å². The summed E-state index contributed by atoms with van der Waals surface area (Å²) in [4.78, 5) is 35.8. The normalized spacial score (nSPS) is 14.2. The van der Waals surface area contributed by atoms with E-state index < -0.39 is 26.5 Å². The molecular formula is C68H115NO8P+. The van der Waals surface area contributed by atoms with E-state index in [1.165, 1.54) is 77.0 Å². The quantitative estimate of drug-likeness (QED) is 0.0211. The molecule has 0 radical (unpaired) electrons. The Morgan fingerprint density at radius 3 is 1.09 bits per heavy atom. The number of phosphoric acid groups is 1. The largest absolute Gasteiger partial charge is 0.472 e. The first-order valence-corrected chi connectivity index (χ1v) is 32.4. The minimum Gasteiger partial charge on any atom is -0.462 e. The van der Waals surface area contributed by atoms with E-state index in [-0.39, 0.29) is 32.0 Å². The van der Waals surface area contributed by atoms with Gasteiger partial charge >= 0.3 is 19.8 Å². The Balaban J connectivity index is 4.26. The maximum atomic E-state index is 12.8. The van der Waals surface area contributed by atoms with Gasteiger partial charge in [0.15, 0.2) is 6.10 Å². The number of unbranched alkanes of at least 4 members (excludes halogenated alkanes) is 19. The van der Waals surface area contributed by atoms with Crippen molar-refractivity contribution in [3.05, 3.63) is 134 Å². The maximum Gasteiger partial charge on any atom is 0.472 e. The van der Waals surface area contributed by atoms with Crippen molar-refractivity contribution in [2.45, 2.75) is 238 Å². The zero-order valence-corrected chi connectivity index (χ0v) is 51.2. The fourth-order valence-electron chi connectivity index (χ4n) is 7.92. The smallest absolute Gasteiger partial charge is 0.462 e. The van der Waals surface area contributed by atoms with E-state index in [1.807, 2.05) is 21.1 Å². The van der Waals surface area contributed by atoms with Gasteiger partial charge in [0, 0.05) is 12.8 Å². The second kappa shape index (κ2) is 57.8. The molecule has 10 heteroatoms. The first kappa shape index (κ1) is 74.2. The molecule has 0 bridgehead atoms. The van der Waals surface area contributed by atoms with E-state index in [9.17, 15) is 19.0 Å². The number of rotatable bonds is 55. The molecule has 444 valence electrons. The molecule has 0 saturated heterocycles. The number of carbonyl (C=O) groups is 2. The minimum atomic E-state index is -4.41. The summed E-state index contributed by atoms with van der Waals surface area (Å²) in [6.07, 6.45) is 83.8. The lowest BCUT2D eigenvalue weighted by atomic mass is 10.1. The van der Waals surface area contributed by atoms with Gasteiger partial charge in [0.2, 0.25) is 0 Å². The van der Waals surface area contributed by atoms with E-state index in [2.05, 4.69) is 148 Å². The van der Waals surface area contributed by atoms with Crippen LogP contribution in [0.5, 0.6) is 0 Å². The molecule has 0 aliphatic heterocycles. The van der Waals surface area contributed by atoms with Gasteiger partial charge < -0.3 is 18.9 Å². The molecule has 0 spiro atoms. The van der Waals surface area contributed by atoms with Crippen molar-refractivity contribution in [1.82, 2.24) is 0 Å². The molecule has 0 fully saturated rings. The van der Waals surface area contributed by atoms with Crippen LogP contribution in [0.4, 0.5) is 0 Å². The fraction of sp³-hybridized carbons (Fsp3) is 0.647. The number of esters is 2. The Morgan fingerprint density at radius 2 is 0.731 bits per heavy atom. The average molecular weight is 1110 g/mol. The number of phosphoric ester groups is 1. The summed E-state index contributed by atoms with van der Waals surface area (Å²) in [7, 11) is 1.44. The molecule has 0 aromatic carbocycles. The van der Waals surface area contributed by atoms with Crippen molar-refractivity contribution in [3.8, 4) is 0 Å². The van der Waals surface area contributed by atoms with Crippen LogP contribution in [0.2, 0.25) is 0 Å². The monoisotopic (exact) mass is 1100 g/mol. The third kappa shape index (κ3) is 61.4. The van der Waals surface area contributed by atoms with E-state index in [0.717, 1.165) is 122 Å². The van der Waals surface area contributed by atoms with Crippen molar-refractivity contribution < 1.29 is 42.1 Å². The topological polar surface area (TPSA) is 108 Å². The molecule has 0 aliphatic carbocycles. The molecule has 78 heavy (non-hydrogen) atoms. The highest BCUT2D eigenvalue weighted by molar-refractivity contribution is 7.47. The van der Waals surface area contributed by atoms with E-state index in [1.54, 1.807) is 0 Å². The fourth-order valence-corrected chi connectivity index (χ4v) is 8.66. The van der Waals surface area contributed by atoms with Gasteiger partial charge in [0.25, 0.3) is 0 Å². The molecule has 0 aliphatic rings. The highest BCUT2D eigenvalue weighted by Gasteiger charge is 2.27. The van der Waals surface area contributed by atoms with Gasteiger partial charge in [-0.15, -0.1) is 0 Å². The van der Waals surface area contributed by atoms with Crippen LogP contribution in [0.3, 0.4) is 0 Å². The molecule has 0 aromatic heterocycles. The number of likely N-dealkylation sites (N-methyl/N-ethyl adjacent to an activating group) is 1. The first-order chi connectivity index (χ1) is 38.0. The van der Waals surface area contributed by atoms with Crippen molar-refractivity contribution in [2.24, 2.45) is 0 Å². The molecule has 0 rings (SSSR count). The summed E-state index contributed by atoms with van der Waals surface area (Å²) < 4.78 is 34.6. The highest BCUT2D eigenvalue weighted by atomic mass is 31.2. The molecule has 2 unspecified atom stereocenters. The van der Waals surface area contributed by atoms with Gasteiger partial charge in [-0.2, -0.15) is 0 Å². The molecule has 0 amide bonds. The Kier molecular flexibility index (Phi) is 55.0. The Morgan fingerprint density at radius 1 is 0.410 bits per heavy atom. The lowest BCUT2D eigenvalue weighted by Gasteiger charge is -2.24. The summed E-state index contributed by atoms with van der Waals surface area (Å²) in [6, 6.07) is 0. The van der Waals surface area contributed by atoms with Crippen molar-refractivity contribution >= 4 is 19.8 Å². The minimum absolute atomic E-state index is 0.0180. The number of nitrogens with zero attached hydrogens (tertiary/aromatic N) is 1. The van der Waals surface area contributed by atoms with Crippen LogP contribution in [0.15, 0.2) is 134 Å². The van der Waals surface area contributed by atoms with Crippen LogP contribution in [0.25, 0.3) is 0 Å². The highest BCUT2D eigenvalue weighted by Crippen LogP contribution is 2.43. The summed E-state index contributed by atoms with van der Waals surface area (Å²) in [6.45, 7) is 4.26. The number of carbonyl (C=O) groups excluding carboxylic acids is 2. The Bertz CT molecular complexity index is 1780. The van der Waals surface area contributed by atoms with E-state index >= 15 is 0 Å². The zero-order valence-electron chi connectivity index (χ0n) is 50.3. The molecule has 9 nitrogen and oxygen atoms in total. The third-order valence-corrected chi connectivity index (χ3v) is 13.6. The van der Waals surface area contributed by atoms with Gasteiger partial charge in [-0.3, -0.25) is 18.6 Å². The molecule has 0 saturated carbocycles. The summed E-state index contributed by atoms with van der Waals surface area (Å²) in [5, 5.41) is 0. The zero-order chi connectivity index (χ0) is 57.0. The number of hydrogen-bond acceptors (Lipinski definition) is 7. The van der Waals surface area contributed by atoms with Crippen LogP contribution < -0.4 is 0 Å². The van der Waals surface area contributed by atoms with Crippen LogP contribution in [-0.2, 0) is 32.7 Å². The summed E-state index contributed by atoms with van der Waals surface area (Å²) in [5.74, 6) is -0.839. The Labute approximate surface area is 479 Å². The Hall–Kier alpha value is -3.85. The van der Waals surface area contributed by atoms with Crippen LogP contribution >= 0.6 is 7.82 Å². The number of hydrogen-bond donors (Lipinski definition) is 1.